The number of allylic oxidation sites excluding steroid dienone is 3. The summed E-state index contributed by atoms with van der Waals surface area (Å²) in [5.41, 5.74) is 1.38. The molecule has 0 aliphatic carbocycles. The molecule has 1 aliphatic heterocycles. The maximum Gasteiger partial charge on any atom is 0.0253 e. The van der Waals surface area contributed by atoms with Crippen LogP contribution in [0.2, 0.25) is 0 Å². The Labute approximate surface area is 113 Å². The molecule has 2 nitrogen and oxygen atoms in total. The molecule has 0 spiro atoms. The monoisotopic (exact) mass is 250 g/mol. The van der Waals surface area contributed by atoms with Crippen molar-refractivity contribution in [2.45, 2.75) is 52.1 Å². The Kier molecular flexibility index (Phi) is 6.66. The van der Waals surface area contributed by atoms with Gasteiger partial charge in [0.05, 0.1) is 0 Å². The van der Waals surface area contributed by atoms with Crippen LogP contribution in [0.1, 0.15) is 40.0 Å². The van der Waals surface area contributed by atoms with E-state index >= 15 is 0 Å². The molecule has 1 atom stereocenters. The summed E-state index contributed by atoms with van der Waals surface area (Å²) in [5.74, 6) is 0. The van der Waals surface area contributed by atoms with Crippen molar-refractivity contribution < 1.29 is 0 Å². The van der Waals surface area contributed by atoms with E-state index in [2.05, 4.69) is 62.9 Å². The number of likely N-dealkylation sites (tertiary alicyclic amines) is 1. The molecule has 0 amide bonds. The van der Waals surface area contributed by atoms with Crippen molar-refractivity contribution >= 4 is 0 Å². The van der Waals surface area contributed by atoms with Crippen LogP contribution in [-0.2, 0) is 0 Å². The molecule has 1 unspecified atom stereocenters. The fourth-order valence-corrected chi connectivity index (χ4v) is 2.61. The van der Waals surface area contributed by atoms with Crippen LogP contribution in [-0.4, -0.2) is 49.1 Å². The Morgan fingerprint density at radius 2 is 1.94 bits per heavy atom. The maximum atomic E-state index is 2.59. The van der Waals surface area contributed by atoms with E-state index in [0.717, 1.165) is 12.5 Å². The van der Waals surface area contributed by atoms with Gasteiger partial charge in [0.25, 0.3) is 0 Å². The fraction of sp³-hybridized carbons (Fsp3) is 0.750. The van der Waals surface area contributed by atoms with E-state index in [4.69, 9.17) is 0 Å². The summed E-state index contributed by atoms with van der Waals surface area (Å²) >= 11 is 0. The van der Waals surface area contributed by atoms with Gasteiger partial charge in [0.2, 0.25) is 0 Å². The van der Waals surface area contributed by atoms with E-state index < -0.39 is 0 Å². The second-order valence-electron chi connectivity index (χ2n) is 5.69. The van der Waals surface area contributed by atoms with Gasteiger partial charge in [-0.2, -0.15) is 0 Å². The first-order valence-corrected chi connectivity index (χ1v) is 7.30. The van der Waals surface area contributed by atoms with E-state index in [-0.39, 0.29) is 0 Å². The molecular weight excluding hydrogens is 220 g/mol. The average Bonchev–Trinajstić information content (AvgIpc) is 2.36. The molecule has 18 heavy (non-hydrogen) atoms. The van der Waals surface area contributed by atoms with Crippen LogP contribution in [0.25, 0.3) is 0 Å². The highest BCUT2D eigenvalue weighted by molar-refractivity contribution is 5.17. The first kappa shape index (κ1) is 15.5. The molecule has 104 valence electrons. The lowest BCUT2D eigenvalue weighted by Gasteiger charge is -2.37. The van der Waals surface area contributed by atoms with Crippen LogP contribution in [0.3, 0.4) is 0 Å². The summed E-state index contributed by atoms with van der Waals surface area (Å²) in [6, 6.07) is 1.34. The van der Waals surface area contributed by atoms with Crippen molar-refractivity contribution in [1.29, 1.82) is 0 Å². The zero-order valence-electron chi connectivity index (χ0n) is 12.8. The van der Waals surface area contributed by atoms with E-state index in [1.807, 2.05) is 0 Å². The van der Waals surface area contributed by atoms with Crippen LogP contribution in [0.15, 0.2) is 23.8 Å². The third kappa shape index (κ3) is 4.95. The summed E-state index contributed by atoms with van der Waals surface area (Å²) in [6.45, 7) is 9.14. The van der Waals surface area contributed by atoms with Crippen LogP contribution in [0.4, 0.5) is 0 Å². The van der Waals surface area contributed by atoms with Crippen LogP contribution in [0.5, 0.6) is 0 Å². The summed E-state index contributed by atoms with van der Waals surface area (Å²) in [7, 11) is 4.39. The Hall–Kier alpha value is -0.600. The van der Waals surface area contributed by atoms with Crippen molar-refractivity contribution in [2.75, 3.05) is 27.2 Å². The topological polar surface area (TPSA) is 6.48 Å². The summed E-state index contributed by atoms with van der Waals surface area (Å²) in [5, 5.41) is 0. The molecule has 0 saturated carbocycles. The zero-order chi connectivity index (χ0) is 13.5. The largest absolute Gasteiger partial charge is 0.306 e. The molecule has 1 aliphatic rings. The number of hydrogen-bond acceptors (Lipinski definition) is 2. The van der Waals surface area contributed by atoms with Crippen molar-refractivity contribution in [2.24, 2.45) is 0 Å². The molecule has 0 aromatic carbocycles. The summed E-state index contributed by atoms with van der Waals surface area (Å²) in [4.78, 5) is 4.96. The highest BCUT2D eigenvalue weighted by Crippen LogP contribution is 2.17. The number of nitrogens with zero attached hydrogens (tertiary/aromatic N) is 2. The van der Waals surface area contributed by atoms with Crippen molar-refractivity contribution in [1.82, 2.24) is 9.80 Å². The van der Waals surface area contributed by atoms with Gasteiger partial charge < -0.3 is 4.90 Å². The molecule has 0 radical (unpaired) electrons. The van der Waals surface area contributed by atoms with Gasteiger partial charge in [0.15, 0.2) is 0 Å². The molecule has 2 heteroatoms. The maximum absolute atomic E-state index is 2.59. The summed E-state index contributed by atoms with van der Waals surface area (Å²) in [6.07, 6.45) is 10.6. The SMILES string of the molecule is CC/C=C(C)\C=C/C(C)N1CCC(N(C)C)CC1. The number of hydrogen-bond donors (Lipinski definition) is 0. The quantitative estimate of drug-likeness (QED) is 0.691. The predicted molar refractivity (Wildman–Crippen MR) is 80.9 cm³/mol. The Bertz CT molecular complexity index is 283. The van der Waals surface area contributed by atoms with Crippen LogP contribution >= 0.6 is 0 Å². The Balaban J connectivity index is 2.40. The minimum Gasteiger partial charge on any atom is -0.306 e. The van der Waals surface area contributed by atoms with Crippen LogP contribution < -0.4 is 0 Å². The predicted octanol–water partition coefficient (Wildman–Crippen LogP) is 3.31. The lowest BCUT2D eigenvalue weighted by atomic mass is 10.0. The highest BCUT2D eigenvalue weighted by atomic mass is 15.2. The van der Waals surface area contributed by atoms with Gasteiger partial charge in [0.1, 0.15) is 0 Å². The molecule has 1 rings (SSSR count). The normalized spacial score (nSPS) is 22.0. The molecule has 0 aromatic heterocycles. The lowest BCUT2D eigenvalue weighted by molar-refractivity contribution is 0.130. The molecule has 0 N–H and O–H groups in total. The zero-order valence-corrected chi connectivity index (χ0v) is 12.8. The van der Waals surface area contributed by atoms with Gasteiger partial charge in [-0.15, -0.1) is 0 Å². The molecule has 0 bridgehead atoms. The third-order valence-corrected chi connectivity index (χ3v) is 3.97. The van der Waals surface area contributed by atoms with E-state index in [0.29, 0.717) is 6.04 Å². The average molecular weight is 250 g/mol. The van der Waals surface area contributed by atoms with E-state index in [9.17, 15) is 0 Å². The van der Waals surface area contributed by atoms with Gasteiger partial charge in [-0.25, -0.2) is 0 Å². The molecule has 0 aromatic rings. The third-order valence-electron chi connectivity index (χ3n) is 3.97. The van der Waals surface area contributed by atoms with Gasteiger partial charge in [-0.3, -0.25) is 4.90 Å². The molecule has 1 saturated heterocycles. The van der Waals surface area contributed by atoms with Gasteiger partial charge >= 0.3 is 0 Å². The second-order valence-corrected chi connectivity index (χ2v) is 5.69. The standard InChI is InChI=1S/C16H30N2/c1-6-7-14(2)8-9-15(3)18-12-10-16(11-13-18)17(4)5/h7-9,15-16H,6,10-13H2,1-5H3/b9-8-,14-7-. The fourth-order valence-electron chi connectivity index (χ4n) is 2.61. The van der Waals surface area contributed by atoms with Crippen LogP contribution in [0, 0.1) is 0 Å². The van der Waals surface area contributed by atoms with E-state index in [1.165, 1.54) is 31.5 Å². The molecular formula is C16H30N2. The minimum absolute atomic E-state index is 0.563. The van der Waals surface area contributed by atoms with Crippen molar-refractivity contribution in [3.63, 3.8) is 0 Å². The Morgan fingerprint density at radius 1 is 1.33 bits per heavy atom. The number of piperidine rings is 1. The van der Waals surface area contributed by atoms with E-state index in [1.54, 1.807) is 0 Å². The van der Waals surface area contributed by atoms with Crippen molar-refractivity contribution in [3.05, 3.63) is 23.8 Å². The minimum atomic E-state index is 0.563. The molecule has 1 heterocycles. The lowest BCUT2D eigenvalue weighted by Crippen LogP contribution is -2.44. The summed E-state index contributed by atoms with van der Waals surface area (Å²) < 4.78 is 0. The first-order valence-electron chi connectivity index (χ1n) is 7.30. The second kappa shape index (κ2) is 7.75. The van der Waals surface area contributed by atoms with Gasteiger partial charge in [-0.05, 0) is 47.2 Å². The smallest absolute Gasteiger partial charge is 0.0253 e. The van der Waals surface area contributed by atoms with Crippen molar-refractivity contribution in [3.8, 4) is 0 Å². The Morgan fingerprint density at radius 3 is 2.44 bits per heavy atom. The first-order chi connectivity index (χ1) is 8.54. The van der Waals surface area contributed by atoms with Gasteiger partial charge in [-0.1, -0.05) is 30.7 Å². The molecule has 1 fully saturated rings. The number of rotatable bonds is 5. The van der Waals surface area contributed by atoms with Gasteiger partial charge in [0, 0.05) is 25.2 Å². The highest BCUT2D eigenvalue weighted by Gasteiger charge is 2.22.